The zero-order chi connectivity index (χ0) is 12.8. The smallest absolute Gasteiger partial charge is 0.0632 e. The summed E-state index contributed by atoms with van der Waals surface area (Å²) < 4.78 is 0.954. The maximum absolute atomic E-state index is 4.42. The lowest BCUT2D eigenvalue weighted by molar-refractivity contribution is 1.43. The Kier molecular flexibility index (Phi) is 4.48. The Bertz CT molecular complexity index is 571. The third-order valence-electron chi connectivity index (χ3n) is 2.44. The van der Waals surface area contributed by atoms with Crippen LogP contribution in [0.2, 0.25) is 0 Å². The molecule has 0 atom stereocenters. The van der Waals surface area contributed by atoms with E-state index in [1.807, 2.05) is 42.6 Å². The van der Waals surface area contributed by atoms with Gasteiger partial charge >= 0.3 is 0 Å². The number of rotatable bonds is 3. The number of nitrogens with zero attached hydrogens (tertiary/aromatic N) is 1. The number of aliphatic imine (C=N–C) groups is 1. The van der Waals surface area contributed by atoms with Gasteiger partial charge in [0.25, 0.3) is 0 Å². The zero-order valence-electron chi connectivity index (χ0n) is 10.2. The molecule has 0 N–H and O–H groups in total. The molecule has 0 saturated heterocycles. The van der Waals surface area contributed by atoms with Crippen molar-refractivity contribution in [2.45, 2.75) is 6.92 Å². The summed E-state index contributed by atoms with van der Waals surface area (Å²) in [4.78, 5) is 4.42. The highest BCUT2D eigenvalue weighted by molar-refractivity contribution is 9.12. The lowest BCUT2D eigenvalue weighted by Gasteiger charge is -1.96. The molecule has 0 radical (unpaired) electrons. The van der Waals surface area contributed by atoms with E-state index in [-0.39, 0.29) is 0 Å². The molecule has 0 saturated carbocycles. The monoisotopic (exact) mass is 299 g/mol. The second kappa shape index (κ2) is 6.31. The van der Waals surface area contributed by atoms with Crippen molar-refractivity contribution < 1.29 is 0 Å². The van der Waals surface area contributed by atoms with Gasteiger partial charge in [0.2, 0.25) is 0 Å². The minimum Gasteiger partial charge on any atom is -0.256 e. The average Bonchev–Trinajstić information content (AvgIpc) is 2.38. The van der Waals surface area contributed by atoms with Gasteiger partial charge in [0.1, 0.15) is 0 Å². The fourth-order valence-corrected chi connectivity index (χ4v) is 1.96. The number of hydrogen-bond acceptors (Lipinski definition) is 1. The summed E-state index contributed by atoms with van der Waals surface area (Å²) in [6.07, 6.45) is 3.86. The molecule has 90 valence electrons. The van der Waals surface area contributed by atoms with Crippen LogP contribution >= 0.6 is 15.9 Å². The molecule has 0 aliphatic rings. The van der Waals surface area contributed by atoms with Gasteiger partial charge in [-0.25, -0.2) is 0 Å². The van der Waals surface area contributed by atoms with Gasteiger partial charge in [-0.3, -0.25) is 4.99 Å². The molecular formula is C16H14BrN. The first-order valence-corrected chi connectivity index (χ1v) is 6.56. The van der Waals surface area contributed by atoms with Crippen LogP contribution in [-0.2, 0) is 0 Å². The highest BCUT2D eigenvalue weighted by atomic mass is 79.9. The van der Waals surface area contributed by atoms with Crippen molar-refractivity contribution in [3.05, 3.63) is 70.2 Å². The van der Waals surface area contributed by atoms with E-state index in [1.54, 1.807) is 0 Å². The Balaban J connectivity index is 2.12. The van der Waals surface area contributed by atoms with E-state index in [2.05, 4.69) is 52.1 Å². The summed E-state index contributed by atoms with van der Waals surface area (Å²) in [5.74, 6) is 0. The van der Waals surface area contributed by atoms with Gasteiger partial charge < -0.3 is 0 Å². The van der Waals surface area contributed by atoms with E-state index in [1.165, 1.54) is 5.56 Å². The molecule has 0 aliphatic carbocycles. The molecule has 18 heavy (non-hydrogen) atoms. The predicted octanol–water partition coefficient (Wildman–Crippen LogP) is 5.13. The molecule has 0 aliphatic heterocycles. The molecular weight excluding hydrogens is 286 g/mol. The van der Waals surface area contributed by atoms with E-state index >= 15 is 0 Å². The van der Waals surface area contributed by atoms with E-state index in [4.69, 9.17) is 0 Å². The molecule has 0 fully saturated rings. The average molecular weight is 300 g/mol. The van der Waals surface area contributed by atoms with Gasteiger partial charge in [-0.05, 0) is 52.2 Å². The van der Waals surface area contributed by atoms with Crippen LogP contribution in [0.25, 0.3) is 6.08 Å². The fourth-order valence-electron chi connectivity index (χ4n) is 1.59. The third kappa shape index (κ3) is 3.97. The SMILES string of the molecule is Cc1cccc(N=C/C(Br)=C\c2ccccc2)c1. The van der Waals surface area contributed by atoms with E-state index in [0.29, 0.717) is 0 Å². The van der Waals surface area contributed by atoms with E-state index in [9.17, 15) is 0 Å². The Labute approximate surface area is 116 Å². The summed E-state index contributed by atoms with van der Waals surface area (Å²) in [6.45, 7) is 2.06. The molecule has 0 heterocycles. The third-order valence-corrected chi connectivity index (χ3v) is 2.88. The summed E-state index contributed by atoms with van der Waals surface area (Å²) in [7, 11) is 0. The molecule has 0 unspecified atom stereocenters. The molecule has 2 aromatic carbocycles. The van der Waals surface area contributed by atoms with Crippen LogP contribution in [0.3, 0.4) is 0 Å². The normalized spacial score (nSPS) is 12.0. The first-order chi connectivity index (χ1) is 8.74. The van der Waals surface area contributed by atoms with E-state index < -0.39 is 0 Å². The maximum atomic E-state index is 4.42. The minimum absolute atomic E-state index is 0.954. The molecule has 0 spiro atoms. The topological polar surface area (TPSA) is 12.4 Å². The van der Waals surface area contributed by atoms with Gasteiger partial charge in [-0.2, -0.15) is 0 Å². The van der Waals surface area contributed by atoms with Crippen molar-refractivity contribution in [1.82, 2.24) is 0 Å². The van der Waals surface area contributed by atoms with Crippen LogP contribution in [0.4, 0.5) is 5.69 Å². The molecule has 2 heteroatoms. The standard InChI is InChI=1S/C16H14BrN/c1-13-6-5-9-16(10-13)18-12-15(17)11-14-7-3-2-4-8-14/h2-12H,1H3/b15-11+,18-12?. The Morgan fingerprint density at radius 2 is 1.83 bits per heavy atom. The van der Waals surface area contributed by atoms with Crippen LogP contribution in [0.5, 0.6) is 0 Å². The second-order valence-electron chi connectivity index (χ2n) is 4.04. The molecule has 2 aromatic rings. The van der Waals surface area contributed by atoms with Gasteiger partial charge in [-0.15, -0.1) is 0 Å². The van der Waals surface area contributed by atoms with Crippen LogP contribution in [0.15, 0.2) is 64.1 Å². The van der Waals surface area contributed by atoms with E-state index in [0.717, 1.165) is 15.7 Å². The summed E-state index contributed by atoms with van der Waals surface area (Å²) in [5, 5.41) is 0. The van der Waals surface area contributed by atoms with Crippen molar-refractivity contribution in [3.63, 3.8) is 0 Å². The first kappa shape index (κ1) is 12.8. The maximum Gasteiger partial charge on any atom is 0.0632 e. The van der Waals surface area contributed by atoms with Crippen molar-refractivity contribution in [2.75, 3.05) is 0 Å². The predicted molar refractivity (Wildman–Crippen MR) is 82.7 cm³/mol. The lowest BCUT2D eigenvalue weighted by atomic mass is 10.2. The highest BCUT2D eigenvalue weighted by Crippen LogP contribution is 2.15. The number of benzene rings is 2. The van der Waals surface area contributed by atoms with Crippen LogP contribution in [0, 0.1) is 6.92 Å². The summed E-state index contributed by atoms with van der Waals surface area (Å²) in [5.41, 5.74) is 3.33. The summed E-state index contributed by atoms with van der Waals surface area (Å²) in [6, 6.07) is 18.3. The molecule has 0 bridgehead atoms. The second-order valence-corrected chi connectivity index (χ2v) is 4.95. The minimum atomic E-state index is 0.954. The Hall–Kier alpha value is -1.67. The molecule has 0 amide bonds. The van der Waals surface area contributed by atoms with Crippen LogP contribution in [-0.4, -0.2) is 6.21 Å². The van der Waals surface area contributed by atoms with Crippen molar-refractivity contribution in [2.24, 2.45) is 4.99 Å². The van der Waals surface area contributed by atoms with Gasteiger partial charge in [0, 0.05) is 10.7 Å². The molecule has 2 rings (SSSR count). The number of aryl methyl sites for hydroxylation is 1. The molecule has 1 nitrogen and oxygen atoms in total. The molecule has 0 aromatic heterocycles. The fraction of sp³-hybridized carbons (Fsp3) is 0.0625. The highest BCUT2D eigenvalue weighted by Gasteiger charge is 1.91. The van der Waals surface area contributed by atoms with Crippen molar-refractivity contribution >= 4 is 33.9 Å². The quantitative estimate of drug-likeness (QED) is 0.696. The summed E-state index contributed by atoms with van der Waals surface area (Å²) >= 11 is 3.50. The Morgan fingerprint density at radius 3 is 2.56 bits per heavy atom. The first-order valence-electron chi connectivity index (χ1n) is 5.77. The van der Waals surface area contributed by atoms with Crippen molar-refractivity contribution in [3.8, 4) is 0 Å². The number of halogens is 1. The largest absolute Gasteiger partial charge is 0.256 e. The van der Waals surface area contributed by atoms with Crippen LogP contribution < -0.4 is 0 Å². The Morgan fingerprint density at radius 1 is 1.06 bits per heavy atom. The zero-order valence-corrected chi connectivity index (χ0v) is 11.8. The van der Waals surface area contributed by atoms with Crippen LogP contribution in [0.1, 0.15) is 11.1 Å². The van der Waals surface area contributed by atoms with Crippen molar-refractivity contribution in [1.29, 1.82) is 0 Å². The van der Waals surface area contributed by atoms with Gasteiger partial charge in [-0.1, -0.05) is 42.5 Å². The number of allylic oxidation sites excluding steroid dienone is 1. The lowest BCUT2D eigenvalue weighted by Crippen LogP contribution is -1.76. The van der Waals surface area contributed by atoms with Gasteiger partial charge in [0.15, 0.2) is 0 Å². The van der Waals surface area contributed by atoms with Gasteiger partial charge in [0.05, 0.1) is 5.69 Å². The number of hydrogen-bond donors (Lipinski definition) is 0.